The number of non-ortho nitro benzene ring substituents is 1. The van der Waals surface area contributed by atoms with E-state index in [9.17, 15) is 14.9 Å². The van der Waals surface area contributed by atoms with Crippen LogP contribution >= 0.6 is 0 Å². The van der Waals surface area contributed by atoms with Gasteiger partial charge in [0, 0.05) is 49.9 Å². The van der Waals surface area contributed by atoms with Crippen LogP contribution in [0.15, 0.2) is 24.3 Å². The number of hydrogen-bond donors (Lipinski definition) is 0. The molecule has 1 fully saturated rings. The van der Waals surface area contributed by atoms with E-state index in [4.69, 9.17) is 0 Å². The summed E-state index contributed by atoms with van der Waals surface area (Å²) in [5, 5.41) is 10.6. The van der Waals surface area contributed by atoms with Crippen LogP contribution in [0.2, 0.25) is 0 Å². The van der Waals surface area contributed by atoms with Crippen molar-refractivity contribution in [1.29, 1.82) is 0 Å². The number of nitrogens with zero attached hydrogens (tertiary/aromatic N) is 3. The van der Waals surface area contributed by atoms with E-state index < -0.39 is 4.92 Å². The molecule has 0 N–H and O–H groups in total. The molecule has 2 rings (SSSR count). The van der Waals surface area contributed by atoms with Gasteiger partial charge in [-0.3, -0.25) is 14.9 Å². The molecule has 1 saturated heterocycles. The highest BCUT2D eigenvalue weighted by Gasteiger charge is 2.24. The zero-order chi connectivity index (χ0) is 15.4. The molecule has 0 aliphatic carbocycles. The van der Waals surface area contributed by atoms with Crippen molar-refractivity contribution < 1.29 is 9.72 Å². The zero-order valence-electron chi connectivity index (χ0n) is 12.5. The van der Waals surface area contributed by atoms with Crippen LogP contribution in [0.1, 0.15) is 20.3 Å². The first-order valence-electron chi connectivity index (χ1n) is 7.31. The molecule has 1 aromatic carbocycles. The molecule has 114 valence electrons. The van der Waals surface area contributed by atoms with Crippen LogP contribution in [0.5, 0.6) is 0 Å². The number of nitro benzene ring substituents is 1. The second kappa shape index (κ2) is 6.56. The van der Waals surface area contributed by atoms with E-state index >= 15 is 0 Å². The topological polar surface area (TPSA) is 66.7 Å². The lowest BCUT2D eigenvalue weighted by molar-refractivity contribution is -0.384. The predicted octanol–water partition coefficient (Wildman–Crippen LogP) is 2.29. The molecule has 0 saturated carbocycles. The Balaban J connectivity index is 1.94. The number of benzene rings is 1. The van der Waals surface area contributed by atoms with Crippen LogP contribution in [0, 0.1) is 16.0 Å². The highest BCUT2D eigenvalue weighted by atomic mass is 16.6. The van der Waals surface area contributed by atoms with Gasteiger partial charge in [0.05, 0.1) is 4.92 Å². The van der Waals surface area contributed by atoms with E-state index in [1.54, 1.807) is 12.1 Å². The van der Waals surface area contributed by atoms with Gasteiger partial charge in [0.25, 0.3) is 5.69 Å². The minimum atomic E-state index is -0.396. The van der Waals surface area contributed by atoms with Gasteiger partial charge < -0.3 is 9.80 Å². The van der Waals surface area contributed by atoms with Gasteiger partial charge in [0.15, 0.2) is 0 Å². The predicted molar refractivity (Wildman–Crippen MR) is 81.3 cm³/mol. The van der Waals surface area contributed by atoms with Gasteiger partial charge in [-0.05, 0) is 18.6 Å². The zero-order valence-corrected chi connectivity index (χ0v) is 12.5. The van der Waals surface area contributed by atoms with Gasteiger partial charge in [-0.2, -0.15) is 0 Å². The third-order valence-electron chi connectivity index (χ3n) is 4.05. The van der Waals surface area contributed by atoms with E-state index in [1.165, 1.54) is 12.1 Å². The van der Waals surface area contributed by atoms with Crippen molar-refractivity contribution in [2.75, 3.05) is 31.1 Å². The van der Waals surface area contributed by atoms with Crippen molar-refractivity contribution in [1.82, 2.24) is 4.90 Å². The van der Waals surface area contributed by atoms with Gasteiger partial charge >= 0.3 is 0 Å². The smallest absolute Gasteiger partial charge is 0.269 e. The first-order chi connectivity index (χ1) is 10.0. The largest absolute Gasteiger partial charge is 0.368 e. The van der Waals surface area contributed by atoms with Crippen molar-refractivity contribution in [3.8, 4) is 0 Å². The summed E-state index contributed by atoms with van der Waals surface area (Å²) in [6, 6.07) is 6.58. The molecule has 6 nitrogen and oxygen atoms in total. The number of rotatable bonds is 4. The Kier molecular flexibility index (Phi) is 4.77. The summed E-state index contributed by atoms with van der Waals surface area (Å²) in [7, 11) is 0. The third kappa shape index (κ3) is 3.51. The van der Waals surface area contributed by atoms with Crippen molar-refractivity contribution >= 4 is 17.3 Å². The van der Waals surface area contributed by atoms with Crippen LogP contribution in [-0.2, 0) is 4.79 Å². The van der Waals surface area contributed by atoms with Gasteiger partial charge in [0.2, 0.25) is 5.91 Å². The Morgan fingerprint density at radius 3 is 2.29 bits per heavy atom. The number of carbonyl (C=O) groups is 1. The third-order valence-corrected chi connectivity index (χ3v) is 4.05. The number of carbonyl (C=O) groups excluding carboxylic acids is 1. The molecule has 21 heavy (non-hydrogen) atoms. The molecule has 6 heteroatoms. The lowest BCUT2D eigenvalue weighted by Gasteiger charge is -2.37. The van der Waals surface area contributed by atoms with Crippen LogP contribution in [-0.4, -0.2) is 41.9 Å². The Bertz CT molecular complexity index is 507. The molecule has 0 aromatic heterocycles. The minimum Gasteiger partial charge on any atom is -0.368 e. The Hall–Kier alpha value is -2.11. The van der Waals surface area contributed by atoms with Gasteiger partial charge in [-0.1, -0.05) is 13.8 Å². The monoisotopic (exact) mass is 291 g/mol. The summed E-state index contributed by atoms with van der Waals surface area (Å²) in [5.41, 5.74) is 1.07. The molecule has 1 aliphatic rings. The Labute approximate surface area is 124 Å². The average molecular weight is 291 g/mol. The van der Waals surface area contributed by atoms with Gasteiger partial charge in [-0.15, -0.1) is 0 Å². The molecule has 1 atom stereocenters. The number of piperazine rings is 1. The molecule has 1 heterocycles. The number of anilines is 1. The SMILES string of the molecule is CCC(C)C(=O)N1CCN(c2ccc([N+](=O)[O-])cc2)CC1. The summed E-state index contributed by atoms with van der Waals surface area (Å²) >= 11 is 0. The van der Waals surface area contributed by atoms with Crippen molar-refractivity contribution in [2.24, 2.45) is 5.92 Å². The maximum atomic E-state index is 12.1. The highest BCUT2D eigenvalue weighted by Crippen LogP contribution is 2.21. The molecule has 0 spiro atoms. The summed E-state index contributed by atoms with van der Waals surface area (Å²) < 4.78 is 0. The molecule has 1 aromatic rings. The van der Waals surface area contributed by atoms with E-state index in [0.29, 0.717) is 13.1 Å². The van der Waals surface area contributed by atoms with E-state index in [1.807, 2.05) is 18.7 Å². The normalized spacial score (nSPS) is 16.7. The lowest BCUT2D eigenvalue weighted by Crippen LogP contribution is -2.50. The van der Waals surface area contributed by atoms with Crippen molar-refractivity contribution in [3.05, 3.63) is 34.4 Å². The summed E-state index contributed by atoms with van der Waals surface area (Å²) in [6.45, 7) is 6.93. The first kappa shape index (κ1) is 15.3. The fourth-order valence-electron chi connectivity index (χ4n) is 2.46. The minimum absolute atomic E-state index is 0.0796. The molecule has 0 radical (unpaired) electrons. The van der Waals surface area contributed by atoms with Crippen LogP contribution in [0.4, 0.5) is 11.4 Å². The van der Waals surface area contributed by atoms with Crippen LogP contribution < -0.4 is 4.90 Å². The molecule has 1 amide bonds. The molecule has 0 bridgehead atoms. The Morgan fingerprint density at radius 1 is 1.24 bits per heavy atom. The first-order valence-corrected chi connectivity index (χ1v) is 7.31. The fourth-order valence-corrected chi connectivity index (χ4v) is 2.46. The average Bonchev–Trinajstić information content (AvgIpc) is 2.53. The van der Waals surface area contributed by atoms with Gasteiger partial charge in [0.1, 0.15) is 0 Å². The maximum absolute atomic E-state index is 12.1. The number of hydrogen-bond acceptors (Lipinski definition) is 4. The Morgan fingerprint density at radius 2 is 1.81 bits per heavy atom. The second-order valence-electron chi connectivity index (χ2n) is 5.40. The van der Waals surface area contributed by atoms with E-state index in [2.05, 4.69) is 4.90 Å². The van der Waals surface area contributed by atoms with Crippen LogP contribution in [0.3, 0.4) is 0 Å². The molecule has 1 aliphatic heterocycles. The summed E-state index contributed by atoms with van der Waals surface area (Å²) in [5.74, 6) is 0.303. The van der Waals surface area contributed by atoms with Crippen molar-refractivity contribution in [2.45, 2.75) is 20.3 Å². The van der Waals surface area contributed by atoms with Crippen molar-refractivity contribution in [3.63, 3.8) is 0 Å². The lowest BCUT2D eigenvalue weighted by atomic mass is 10.1. The van der Waals surface area contributed by atoms with E-state index in [0.717, 1.165) is 25.2 Å². The fraction of sp³-hybridized carbons (Fsp3) is 0.533. The van der Waals surface area contributed by atoms with Gasteiger partial charge in [-0.25, -0.2) is 0 Å². The summed E-state index contributed by atoms with van der Waals surface area (Å²) in [6.07, 6.45) is 0.863. The van der Waals surface area contributed by atoms with E-state index in [-0.39, 0.29) is 17.5 Å². The number of nitro groups is 1. The van der Waals surface area contributed by atoms with Crippen LogP contribution in [0.25, 0.3) is 0 Å². The molecule has 1 unspecified atom stereocenters. The molecular weight excluding hydrogens is 270 g/mol. The quantitative estimate of drug-likeness (QED) is 0.630. The maximum Gasteiger partial charge on any atom is 0.269 e. The second-order valence-corrected chi connectivity index (χ2v) is 5.40. The highest BCUT2D eigenvalue weighted by molar-refractivity contribution is 5.78. The summed E-state index contributed by atoms with van der Waals surface area (Å²) in [4.78, 5) is 26.4. The standard InChI is InChI=1S/C15H21N3O3/c1-3-12(2)15(19)17-10-8-16(9-11-17)13-4-6-14(7-5-13)18(20)21/h4-7,12H,3,8-11H2,1-2H3. The number of amides is 1. The molecular formula is C15H21N3O3.